The van der Waals surface area contributed by atoms with Gasteiger partial charge in [0.2, 0.25) is 0 Å². The van der Waals surface area contributed by atoms with Gasteiger partial charge in [-0.05, 0) is 30.3 Å². The lowest BCUT2D eigenvalue weighted by Crippen LogP contribution is -2.10. The lowest BCUT2D eigenvalue weighted by atomic mass is 10.1. The molecule has 0 spiro atoms. The van der Waals surface area contributed by atoms with Crippen LogP contribution < -0.4 is 10.6 Å². The van der Waals surface area contributed by atoms with Gasteiger partial charge in [0.05, 0.1) is 22.6 Å². The first kappa shape index (κ1) is 9.72. The molecule has 0 atom stereocenters. The van der Waals surface area contributed by atoms with Crippen molar-refractivity contribution in [2.45, 2.75) is 0 Å². The van der Waals surface area contributed by atoms with Crippen LogP contribution in [-0.4, -0.2) is 11.0 Å². The molecule has 1 heterocycles. The van der Waals surface area contributed by atoms with Crippen molar-refractivity contribution in [3.05, 3.63) is 48.0 Å². The summed E-state index contributed by atoms with van der Waals surface area (Å²) in [5, 5.41) is 15.4. The molecule has 0 radical (unpaired) electrons. The summed E-state index contributed by atoms with van der Waals surface area (Å²) in [4.78, 5) is 12.0. The molecule has 0 aliphatic carbocycles. The Hall–Kier alpha value is -2.49. The van der Waals surface area contributed by atoms with Gasteiger partial charge < -0.3 is 15.7 Å². The van der Waals surface area contributed by atoms with Crippen molar-refractivity contribution in [1.29, 1.82) is 0 Å². The first-order valence-corrected chi connectivity index (χ1v) is 5.24. The van der Waals surface area contributed by atoms with E-state index < -0.39 is 0 Å². The number of carbonyl (C=O) groups excluding carboxylic acids is 1. The quantitative estimate of drug-likeness (QED) is 0.605. The molecule has 1 aliphatic rings. The van der Waals surface area contributed by atoms with E-state index in [2.05, 4.69) is 10.6 Å². The summed E-state index contributed by atoms with van der Waals surface area (Å²) in [6.07, 6.45) is 0. The van der Waals surface area contributed by atoms with Crippen molar-refractivity contribution < 1.29 is 9.90 Å². The van der Waals surface area contributed by atoms with E-state index in [9.17, 15) is 9.90 Å². The highest BCUT2D eigenvalue weighted by atomic mass is 16.3. The number of anilines is 3. The number of carbonyl (C=O) groups is 1. The van der Waals surface area contributed by atoms with Crippen molar-refractivity contribution in [2.75, 3.05) is 10.6 Å². The van der Waals surface area contributed by atoms with E-state index in [0.29, 0.717) is 11.3 Å². The highest BCUT2D eigenvalue weighted by Gasteiger charge is 2.18. The van der Waals surface area contributed by atoms with E-state index in [1.54, 1.807) is 12.1 Å². The molecular formula is C13H10N2O2. The van der Waals surface area contributed by atoms with Gasteiger partial charge in [0.15, 0.2) is 0 Å². The number of phenols is 1. The zero-order valence-electron chi connectivity index (χ0n) is 8.90. The molecule has 17 heavy (non-hydrogen) atoms. The first-order valence-electron chi connectivity index (χ1n) is 5.24. The van der Waals surface area contributed by atoms with E-state index in [0.717, 1.165) is 11.4 Å². The molecule has 1 aliphatic heterocycles. The van der Waals surface area contributed by atoms with Gasteiger partial charge in [0, 0.05) is 0 Å². The highest BCUT2D eigenvalue weighted by Crippen LogP contribution is 2.32. The van der Waals surface area contributed by atoms with E-state index in [1.165, 1.54) is 6.07 Å². The van der Waals surface area contributed by atoms with Gasteiger partial charge in [-0.3, -0.25) is 4.79 Å². The van der Waals surface area contributed by atoms with Gasteiger partial charge >= 0.3 is 0 Å². The van der Waals surface area contributed by atoms with Crippen molar-refractivity contribution >= 4 is 23.0 Å². The molecule has 0 saturated heterocycles. The summed E-state index contributed by atoms with van der Waals surface area (Å²) < 4.78 is 0. The highest BCUT2D eigenvalue weighted by molar-refractivity contribution is 6.12. The Labute approximate surface area is 97.9 Å². The molecule has 1 amide bonds. The minimum atomic E-state index is -0.228. The number of benzene rings is 2. The number of phenolic OH excluding ortho intramolecular Hbond substituents is 1. The first-order chi connectivity index (χ1) is 8.24. The second-order valence-corrected chi connectivity index (χ2v) is 3.85. The van der Waals surface area contributed by atoms with Crippen LogP contribution in [0.4, 0.5) is 17.1 Å². The molecule has 0 fully saturated rings. The molecule has 0 aromatic heterocycles. The SMILES string of the molecule is O=C1Nc2ccccc2Nc2ccc(O)cc21. The Morgan fingerprint density at radius 1 is 0.882 bits per heavy atom. The topological polar surface area (TPSA) is 61.4 Å². The van der Waals surface area contributed by atoms with Gasteiger partial charge in [-0.15, -0.1) is 0 Å². The van der Waals surface area contributed by atoms with Crippen molar-refractivity contribution in [3.8, 4) is 5.75 Å². The Balaban J connectivity index is 2.17. The largest absolute Gasteiger partial charge is 0.508 e. The smallest absolute Gasteiger partial charge is 0.257 e. The molecular weight excluding hydrogens is 216 g/mol. The van der Waals surface area contributed by atoms with Crippen molar-refractivity contribution in [2.24, 2.45) is 0 Å². The van der Waals surface area contributed by atoms with Gasteiger partial charge in [-0.25, -0.2) is 0 Å². The normalized spacial score (nSPS) is 12.8. The minimum absolute atomic E-state index is 0.0756. The predicted molar refractivity (Wildman–Crippen MR) is 65.8 cm³/mol. The van der Waals surface area contributed by atoms with E-state index in [-0.39, 0.29) is 11.7 Å². The number of nitrogens with one attached hydrogen (secondary N) is 2. The molecule has 4 heteroatoms. The fraction of sp³-hybridized carbons (Fsp3) is 0. The molecule has 0 unspecified atom stereocenters. The molecule has 2 aromatic carbocycles. The number of aromatic hydroxyl groups is 1. The van der Waals surface area contributed by atoms with Crippen LogP contribution in [-0.2, 0) is 0 Å². The molecule has 0 bridgehead atoms. The Kier molecular flexibility index (Phi) is 2.01. The number of rotatable bonds is 0. The van der Waals surface area contributed by atoms with Crippen molar-refractivity contribution in [3.63, 3.8) is 0 Å². The third kappa shape index (κ3) is 1.59. The Morgan fingerprint density at radius 2 is 1.59 bits per heavy atom. The summed E-state index contributed by atoms with van der Waals surface area (Å²) in [5.41, 5.74) is 2.69. The summed E-state index contributed by atoms with van der Waals surface area (Å²) >= 11 is 0. The third-order valence-electron chi connectivity index (χ3n) is 2.69. The lowest BCUT2D eigenvalue weighted by molar-refractivity contribution is 0.102. The van der Waals surface area contributed by atoms with Crippen LogP contribution >= 0.6 is 0 Å². The van der Waals surface area contributed by atoms with Gasteiger partial charge in [0.1, 0.15) is 5.75 Å². The van der Waals surface area contributed by atoms with Crippen LogP contribution in [0.2, 0.25) is 0 Å². The number of hydrogen-bond acceptors (Lipinski definition) is 3. The van der Waals surface area contributed by atoms with Crippen LogP contribution in [0.25, 0.3) is 0 Å². The molecule has 3 rings (SSSR count). The van der Waals surface area contributed by atoms with Crippen molar-refractivity contribution in [1.82, 2.24) is 0 Å². The zero-order valence-corrected chi connectivity index (χ0v) is 8.90. The molecule has 4 nitrogen and oxygen atoms in total. The average molecular weight is 226 g/mol. The third-order valence-corrected chi connectivity index (χ3v) is 2.69. The summed E-state index contributed by atoms with van der Waals surface area (Å²) in [6, 6.07) is 12.1. The van der Waals surface area contributed by atoms with Crippen LogP contribution in [0, 0.1) is 0 Å². The molecule has 84 valence electrons. The van der Waals surface area contributed by atoms with Crippen LogP contribution in [0.1, 0.15) is 10.4 Å². The van der Waals surface area contributed by atoms with Crippen LogP contribution in [0.5, 0.6) is 5.75 Å². The molecule has 3 N–H and O–H groups in total. The minimum Gasteiger partial charge on any atom is -0.508 e. The fourth-order valence-corrected chi connectivity index (χ4v) is 1.86. The van der Waals surface area contributed by atoms with E-state index in [4.69, 9.17) is 0 Å². The summed E-state index contributed by atoms with van der Waals surface area (Å²) in [5.74, 6) is -0.153. The second-order valence-electron chi connectivity index (χ2n) is 3.85. The molecule has 0 saturated carbocycles. The predicted octanol–water partition coefficient (Wildman–Crippen LogP) is 2.70. The number of hydrogen-bond donors (Lipinski definition) is 3. The van der Waals surface area contributed by atoms with Gasteiger partial charge in [-0.2, -0.15) is 0 Å². The summed E-state index contributed by atoms with van der Waals surface area (Å²) in [7, 11) is 0. The zero-order chi connectivity index (χ0) is 11.8. The average Bonchev–Trinajstić information content (AvgIpc) is 2.46. The fourth-order valence-electron chi connectivity index (χ4n) is 1.86. The maximum Gasteiger partial charge on any atom is 0.257 e. The Bertz CT molecular complexity index is 608. The van der Waals surface area contributed by atoms with Gasteiger partial charge in [0.25, 0.3) is 5.91 Å². The Morgan fingerprint density at radius 3 is 2.35 bits per heavy atom. The van der Waals surface area contributed by atoms with E-state index in [1.807, 2.05) is 24.3 Å². The number of amides is 1. The van der Waals surface area contributed by atoms with Crippen LogP contribution in [0.15, 0.2) is 42.5 Å². The van der Waals surface area contributed by atoms with E-state index >= 15 is 0 Å². The summed E-state index contributed by atoms with van der Waals surface area (Å²) in [6.45, 7) is 0. The maximum absolute atomic E-state index is 12.0. The standard InChI is InChI=1S/C13H10N2O2/c16-8-5-6-10-9(7-8)13(17)15-12-4-2-1-3-11(12)14-10/h1-7,14,16H,(H,15,17). The number of para-hydroxylation sites is 2. The molecule has 2 aromatic rings. The van der Waals surface area contributed by atoms with Crippen LogP contribution in [0.3, 0.4) is 0 Å². The second kappa shape index (κ2) is 3.52. The maximum atomic E-state index is 12.0. The number of fused-ring (bicyclic) bond motifs is 2. The lowest BCUT2D eigenvalue weighted by Gasteiger charge is -2.07. The van der Waals surface area contributed by atoms with Gasteiger partial charge in [-0.1, -0.05) is 12.1 Å². The monoisotopic (exact) mass is 226 g/mol.